The molecular weight excluding hydrogens is 283 g/mol. The molecule has 0 spiro atoms. The Labute approximate surface area is 128 Å². The normalized spacial score (nSPS) is 12.0. The summed E-state index contributed by atoms with van der Waals surface area (Å²) in [4.78, 5) is 26.7. The molecule has 116 valence electrons. The van der Waals surface area contributed by atoms with Crippen LogP contribution in [0.15, 0.2) is 41.2 Å². The number of H-pyrrole nitrogens is 1. The van der Waals surface area contributed by atoms with Gasteiger partial charge in [-0.1, -0.05) is 20.3 Å². The van der Waals surface area contributed by atoms with Gasteiger partial charge in [0.1, 0.15) is 11.4 Å². The molecule has 22 heavy (non-hydrogen) atoms. The SMILES string of the molecule is CC[C@@H](C)CNC(=O)c1ccc(-c2ccc(F)cc2)[nH]c1=O. The predicted molar refractivity (Wildman–Crippen MR) is 84.2 cm³/mol. The van der Waals surface area contributed by atoms with Crippen molar-refractivity contribution in [2.75, 3.05) is 6.54 Å². The van der Waals surface area contributed by atoms with Crippen LogP contribution >= 0.6 is 0 Å². The molecule has 0 saturated carbocycles. The number of benzene rings is 1. The van der Waals surface area contributed by atoms with Gasteiger partial charge >= 0.3 is 0 Å². The largest absolute Gasteiger partial charge is 0.352 e. The van der Waals surface area contributed by atoms with Crippen molar-refractivity contribution in [3.63, 3.8) is 0 Å². The molecule has 0 aliphatic rings. The molecule has 0 fully saturated rings. The van der Waals surface area contributed by atoms with Gasteiger partial charge in [0.15, 0.2) is 0 Å². The highest BCUT2D eigenvalue weighted by Crippen LogP contribution is 2.16. The fourth-order valence-corrected chi connectivity index (χ4v) is 1.96. The number of hydrogen-bond donors (Lipinski definition) is 2. The molecular formula is C17H19FN2O2. The van der Waals surface area contributed by atoms with Crippen LogP contribution in [0, 0.1) is 11.7 Å². The number of halogens is 1. The molecule has 1 atom stereocenters. The van der Waals surface area contributed by atoms with Gasteiger partial charge in [-0.25, -0.2) is 4.39 Å². The van der Waals surface area contributed by atoms with E-state index in [0.717, 1.165) is 6.42 Å². The fourth-order valence-electron chi connectivity index (χ4n) is 1.96. The first-order chi connectivity index (χ1) is 10.5. The lowest BCUT2D eigenvalue weighted by molar-refractivity contribution is 0.0946. The Balaban J connectivity index is 2.17. The van der Waals surface area contributed by atoms with Crippen LogP contribution in [0.25, 0.3) is 11.3 Å². The molecule has 1 aromatic heterocycles. The summed E-state index contributed by atoms with van der Waals surface area (Å²) in [5.41, 5.74) is 0.853. The lowest BCUT2D eigenvalue weighted by Crippen LogP contribution is -2.32. The zero-order chi connectivity index (χ0) is 16.1. The Morgan fingerprint density at radius 1 is 1.23 bits per heavy atom. The van der Waals surface area contributed by atoms with Crippen LogP contribution in [0.4, 0.5) is 4.39 Å². The summed E-state index contributed by atoms with van der Waals surface area (Å²) in [6.45, 7) is 4.61. The molecule has 0 aliphatic carbocycles. The summed E-state index contributed by atoms with van der Waals surface area (Å²) in [7, 11) is 0. The predicted octanol–water partition coefficient (Wildman–Crippen LogP) is 2.96. The number of nitrogens with one attached hydrogen (secondary N) is 2. The maximum Gasteiger partial charge on any atom is 0.261 e. The third-order valence-electron chi connectivity index (χ3n) is 3.62. The van der Waals surface area contributed by atoms with Crippen molar-refractivity contribution in [3.8, 4) is 11.3 Å². The van der Waals surface area contributed by atoms with Gasteiger partial charge in [-0.2, -0.15) is 0 Å². The molecule has 0 bridgehead atoms. The number of amides is 1. The first-order valence-corrected chi connectivity index (χ1v) is 7.28. The molecule has 1 amide bonds. The topological polar surface area (TPSA) is 62.0 Å². The van der Waals surface area contributed by atoms with Crippen molar-refractivity contribution in [2.24, 2.45) is 5.92 Å². The average Bonchev–Trinajstić information content (AvgIpc) is 2.52. The third-order valence-corrected chi connectivity index (χ3v) is 3.62. The van der Waals surface area contributed by atoms with Gasteiger partial charge in [-0.05, 0) is 47.9 Å². The Morgan fingerprint density at radius 3 is 2.50 bits per heavy atom. The second-order valence-electron chi connectivity index (χ2n) is 5.35. The number of pyridine rings is 1. The van der Waals surface area contributed by atoms with E-state index in [1.165, 1.54) is 18.2 Å². The molecule has 0 unspecified atom stereocenters. The Kier molecular flexibility index (Phi) is 5.09. The Morgan fingerprint density at radius 2 is 1.91 bits per heavy atom. The molecule has 4 nitrogen and oxygen atoms in total. The van der Waals surface area contributed by atoms with Crippen LogP contribution in [-0.2, 0) is 0 Å². The molecule has 2 N–H and O–H groups in total. The lowest BCUT2D eigenvalue weighted by Gasteiger charge is -2.10. The molecule has 1 aromatic carbocycles. The maximum absolute atomic E-state index is 12.9. The summed E-state index contributed by atoms with van der Waals surface area (Å²) >= 11 is 0. The number of carbonyl (C=O) groups is 1. The maximum atomic E-state index is 12.9. The van der Waals surface area contributed by atoms with Crippen molar-refractivity contribution < 1.29 is 9.18 Å². The number of aromatic nitrogens is 1. The van der Waals surface area contributed by atoms with Crippen LogP contribution in [0.1, 0.15) is 30.6 Å². The summed E-state index contributed by atoms with van der Waals surface area (Å²) in [5, 5.41) is 2.75. The average molecular weight is 302 g/mol. The van der Waals surface area contributed by atoms with Gasteiger partial charge in [0.25, 0.3) is 11.5 Å². The van der Waals surface area contributed by atoms with Crippen molar-refractivity contribution >= 4 is 5.91 Å². The van der Waals surface area contributed by atoms with Crippen LogP contribution < -0.4 is 10.9 Å². The summed E-state index contributed by atoms with van der Waals surface area (Å²) in [6, 6.07) is 8.92. The number of aromatic amines is 1. The van der Waals surface area contributed by atoms with E-state index in [0.29, 0.717) is 23.7 Å². The molecule has 5 heteroatoms. The van der Waals surface area contributed by atoms with E-state index in [1.807, 2.05) is 13.8 Å². The number of carbonyl (C=O) groups excluding carboxylic acids is 1. The minimum atomic E-state index is -0.455. The standard InChI is InChI=1S/C17H19FN2O2/c1-3-11(2)10-19-16(21)14-8-9-15(20-17(14)22)12-4-6-13(18)7-5-12/h4-9,11H,3,10H2,1-2H3,(H,19,21)(H,20,22)/t11-/m1/s1. The minimum absolute atomic E-state index is 0.0779. The molecule has 0 radical (unpaired) electrons. The van der Waals surface area contributed by atoms with Gasteiger partial charge < -0.3 is 10.3 Å². The van der Waals surface area contributed by atoms with Crippen molar-refractivity contribution in [3.05, 3.63) is 58.1 Å². The number of rotatable bonds is 5. The third kappa shape index (κ3) is 3.81. The molecule has 2 aromatic rings. The fraction of sp³-hybridized carbons (Fsp3) is 0.294. The van der Waals surface area contributed by atoms with Crippen molar-refractivity contribution in [1.82, 2.24) is 10.3 Å². The van der Waals surface area contributed by atoms with E-state index in [1.54, 1.807) is 18.2 Å². The Hall–Kier alpha value is -2.43. The molecule has 1 heterocycles. The summed E-state index contributed by atoms with van der Waals surface area (Å²) in [6.07, 6.45) is 0.958. The van der Waals surface area contributed by atoms with Crippen LogP contribution in [-0.4, -0.2) is 17.4 Å². The van der Waals surface area contributed by atoms with Crippen molar-refractivity contribution in [2.45, 2.75) is 20.3 Å². The highest BCUT2D eigenvalue weighted by Gasteiger charge is 2.12. The van der Waals surface area contributed by atoms with Gasteiger partial charge in [-0.3, -0.25) is 9.59 Å². The van der Waals surface area contributed by atoms with Crippen molar-refractivity contribution in [1.29, 1.82) is 0 Å². The first-order valence-electron chi connectivity index (χ1n) is 7.28. The molecule has 0 saturated heterocycles. The molecule has 0 aliphatic heterocycles. The van der Waals surface area contributed by atoms with Crippen LogP contribution in [0.2, 0.25) is 0 Å². The van der Waals surface area contributed by atoms with E-state index in [4.69, 9.17) is 0 Å². The zero-order valence-corrected chi connectivity index (χ0v) is 12.7. The highest BCUT2D eigenvalue weighted by molar-refractivity contribution is 5.94. The van der Waals surface area contributed by atoms with Gasteiger partial charge in [0, 0.05) is 12.2 Å². The van der Waals surface area contributed by atoms with E-state index < -0.39 is 5.56 Å². The van der Waals surface area contributed by atoms with E-state index in [-0.39, 0.29) is 17.3 Å². The smallest absolute Gasteiger partial charge is 0.261 e. The lowest BCUT2D eigenvalue weighted by atomic mass is 10.1. The highest BCUT2D eigenvalue weighted by atomic mass is 19.1. The first kappa shape index (κ1) is 15.9. The second-order valence-corrected chi connectivity index (χ2v) is 5.35. The van der Waals surface area contributed by atoms with Gasteiger partial charge in [0.05, 0.1) is 0 Å². The van der Waals surface area contributed by atoms with Gasteiger partial charge in [0.2, 0.25) is 0 Å². The zero-order valence-electron chi connectivity index (χ0n) is 12.7. The monoisotopic (exact) mass is 302 g/mol. The quantitative estimate of drug-likeness (QED) is 0.892. The minimum Gasteiger partial charge on any atom is -0.352 e. The van der Waals surface area contributed by atoms with E-state index in [2.05, 4.69) is 10.3 Å². The van der Waals surface area contributed by atoms with Gasteiger partial charge in [-0.15, -0.1) is 0 Å². The van der Waals surface area contributed by atoms with E-state index in [9.17, 15) is 14.0 Å². The number of hydrogen-bond acceptors (Lipinski definition) is 2. The van der Waals surface area contributed by atoms with Crippen LogP contribution in [0.3, 0.4) is 0 Å². The van der Waals surface area contributed by atoms with Crippen LogP contribution in [0.5, 0.6) is 0 Å². The summed E-state index contributed by atoms with van der Waals surface area (Å²) < 4.78 is 12.9. The van der Waals surface area contributed by atoms with E-state index >= 15 is 0 Å². The summed E-state index contributed by atoms with van der Waals surface area (Å²) in [5.74, 6) is -0.360. The Bertz CT molecular complexity index is 707. The molecule has 2 rings (SSSR count). The second kappa shape index (κ2) is 7.02.